The summed E-state index contributed by atoms with van der Waals surface area (Å²) in [6.45, 7) is 6.42. The number of hydrogen-bond donors (Lipinski definition) is 0. The van der Waals surface area contributed by atoms with Gasteiger partial charge in [-0.2, -0.15) is 0 Å². The van der Waals surface area contributed by atoms with Gasteiger partial charge in [0.1, 0.15) is 0 Å². The summed E-state index contributed by atoms with van der Waals surface area (Å²) in [5, 5.41) is 0. The van der Waals surface area contributed by atoms with Crippen LogP contribution in [0.2, 0.25) is 19.6 Å². The molecule has 0 amide bonds. The summed E-state index contributed by atoms with van der Waals surface area (Å²) in [7, 11) is 2.65. The predicted molar refractivity (Wildman–Crippen MR) is 33.6 cm³/mol. The first-order valence-electron chi connectivity index (χ1n) is 1.92. The van der Waals surface area contributed by atoms with Crippen LogP contribution in [0, 0.1) is 0 Å². The molecule has 6 heavy (non-hydrogen) atoms. The third-order valence-electron chi connectivity index (χ3n) is 0.300. The molecule has 0 bridgehead atoms. The van der Waals surface area contributed by atoms with Crippen LogP contribution in [0.5, 0.6) is 0 Å². The average Bonchev–Trinajstić information content (AvgIpc) is 1.35. The first-order chi connectivity index (χ1) is 2.56. The average molecular weight is 118 g/mol. The van der Waals surface area contributed by atoms with Gasteiger partial charge in [-0.1, -0.05) is 0 Å². The summed E-state index contributed by atoms with van der Waals surface area (Å²) in [5.74, 6) is 0. The molecule has 0 saturated carbocycles. The van der Waals surface area contributed by atoms with Crippen molar-refractivity contribution in [3.8, 4) is 0 Å². The minimum absolute atomic E-state index is 1.14. The van der Waals surface area contributed by atoms with Crippen molar-refractivity contribution in [3.63, 3.8) is 0 Å². The molecule has 0 saturated heterocycles. The van der Waals surface area contributed by atoms with Gasteiger partial charge in [0, 0.05) is 0 Å². The Hall–Kier alpha value is 0.357. The van der Waals surface area contributed by atoms with Crippen LogP contribution in [-0.2, 0) is 0 Å². The summed E-state index contributed by atoms with van der Waals surface area (Å²) in [4.78, 5) is 0. The monoisotopic (exact) mass is 118 g/mol. The Kier molecular flexibility index (Phi) is 1.99. The molecule has 0 aromatic heterocycles. The summed E-state index contributed by atoms with van der Waals surface area (Å²) in [6.07, 6.45) is 0. The van der Waals surface area contributed by atoms with E-state index >= 15 is 0 Å². The zero-order valence-corrected chi connectivity index (χ0v) is 6.29. The maximum absolute atomic E-state index is 3.85. The SMILES string of the molecule is C[Si](C)(C)[N+]#P. The Balaban J connectivity index is 3.55. The third kappa shape index (κ3) is 4.36. The molecule has 0 aliphatic carbocycles. The molecule has 0 unspecified atom stereocenters. The van der Waals surface area contributed by atoms with Crippen LogP contribution in [0.15, 0.2) is 0 Å². The standard InChI is InChI=1S/C3H9NPSi/c1-6(2,3)4-5/h1-3H3/q+1. The fourth-order valence-electron chi connectivity index (χ4n) is 0. The number of rotatable bonds is 0. The third-order valence-corrected chi connectivity index (χ3v) is 2.70. The molecule has 0 N–H and O–H groups in total. The van der Waals surface area contributed by atoms with Crippen molar-refractivity contribution in [2.75, 3.05) is 0 Å². The predicted octanol–water partition coefficient (Wildman–Crippen LogP) is 2.52. The van der Waals surface area contributed by atoms with E-state index in [-0.39, 0.29) is 0 Å². The van der Waals surface area contributed by atoms with Crippen molar-refractivity contribution >= 4 is 17.1 Å². The Labute approximate surface area is 41.8 Å². The molecule has 0 fully saturated rings. The van der Waals surface area contributed by atoms with Gasteiger partial charge in [0.25, 0.3) is 0 Å². The van der Waals surface area contributed by atoms with Crippen LogP contribution in [0.3, 0.4) is 0 Å². The van der Waals surface area contributed by atoms with Crippen LogP contribution in [-0.4, -0.2) is 8.24 Å². The van der Waals surface area contributed by atoms with Crippen LogP contribution in [0.4, 0.5) is 0 Å². The van der Waals surface area contributed by atoms with Gasteiger partial charge in [-0.05, 0) is 0 Å². The molecule has 3 heteroatoms. The van der Waals surface area contributed by atoms with Gasteiger partial charge >= 0.3 is 41.0 Å². The zero-order chi connectivity index (χ0) is 5.21. The summed E-state index contributed by atoms with van der Waals surface area (Å²) < 4.78 is 3.85. The molecule has 0 radical (unpaired) electrons. The van der Waals surface area contributed by atoms with Crippen molar-refractivity contribution in [1.82, 2.24) is 0 Å². The second-order valence-electron chi connectivity index (χ2n) is 2.27. The van der Waals surface area contributed by atoms with Gasteiger partial charge in [-0.25, -0.2) is 0 Å². The quantitative estimate of drug-likeness (QED) is 0.340. The normalized spacial score (nSPS) is 10.3. The van der Waals surface area contributed by atoms with Gasteiger partial charge in [0.05, 0.1) is 0 Å². The van der Waals surface area contributed by atoms with Crippen LogP contribution >= 0.6 is 8.88 Å². The fraction of sp³-hybridized carbons (Fsp3) is 1.00. The van der Waals surface area contributed by atoms with Crippen molar-refractivity contribution in [2.45, 2.75) is 19.6 Å². The maximum atomic E-state index is 3.85. The second-order valence-corrected chi connectivity index (χ2v) is 7.41. The molecule has 0 atom stereocenters. The van der Waals surface area contributed by atoms with Crippen LogP contribution in [0.25, 0.3) is 4.25 Å². The Bertz CT molecular complexity index is 77.8. The molecule has 1 nitrogen and oxygen atoms in total. The Morgan fingerprint density at radius 3 is 1.50 bits per heavy atom. The molecular weight excluding hydrogens is 109 g/mol. The topological polar surface area (TPSA) is 4.36 Å². The minimum atomic E-state index is -1.14. The van der Waals surface area contributed by atoms with Gasteiger partial charge in [0.2, 0.25) is 0 Å². The number of nitrogens with zero attached hydrogens (tertiary/aromatic N) is 1. The molecule has 0 rings (SSSR count). The summed E-state index contributed by atoms with van der Waals surface area (Å²) in [6, 6.07) is 0. The van der Waals surface area contributed by atoms with Crippen molar-refractivity contribution < 1.29 is 0 Å². The van der Waals surface area contributed by atoms with Crippen molar-refractivity contribution in [2.24, 2.45) is 0 Å². The molecule has 0 aromatic rings. The molecule has 0 heterocycles. The summed E-state index contributed by atoms with van der Waals surface area (Å²) >= 11 is 0. The van der Waals surface area contributed by atoms with E-state index in [0.29, 0.717) is 0 Å². The summed E-state index contributed by atoms with van der Waals surface area (Å²) in [5.41, 5.74) is 0. The van der Waals surface area contributed by atoms with E-state index in [2.05, 4.69) is 32.8 Å². The van der Waals surface area contributed by atoms with E-state index in [4.69, 9.17) is 0 Å². The second kappa shape index (κ2) is 1.88. The van der Waals surface area contributed by atoms with Gasteiger partial charge in [0.15, 0.2) is 0 Å². The Morgan fingerprint density at radius 2 is 1.50 bits per heavy atom. The van der Waals surface area contributed by atoms with Crippen LogP contribution in [0.1, 0.15) is 0 Å². The van der Waals surface area contributed by atoms with E-state index in [9.17, 15) is 0 Å². The molecule has 0 spiro atoms. The van der Waals surface area contributed by atoms with E-state index in [1.165, 1.54) is 0 Å². The van der Waals surface area contributed by atoms with E-state index < -0.39 is 8.24 Å². The van der Waals surface area contributed by atoms with E-state index in [1.54, 1.807) is 0 Å². The van der Waals surface area contributed by atoms with Crippen molar-refractivity contribution in [1.29, 1.82) is 0 Å². The molecule has 0 aliphatic rings. The molecule has 0 aromatic carbocycles. The van der Waals surface area contributed by atoms with Crippen molar-refractivity contribution in [3.05, 3.63) is 4.25 Å². The van der Waals surface area contributed by atoms with Crippen LogP contribution < -0.4 is 0 Å². The first-order valence-corrected chi connectivity index (χ1v) is 5.77. The number of hydrogen-bond acceptors (Lipinski definition) is 0. The molecule has 34 valence electrons. The van der Waals surface area contributed by atoms with Gasteiger partial charge < -0.3 is 0 Å². The molecule has 0 aliphatic heterocycles. The van der Waals surface area contributed by atoms with Gasteiger partial charge in [-0.15, -0.1) is 0 Å². The van der Waals surface area contributed by atoms with E-state index in [0.717, 1.165) is 0 Å². The van der Waals surface area contributed by atoms with E-state index in [1.807, 2.05) is 0 Å². The zero-order valence-electron chi connectivity index (χ0n) is 4.39. The first kappa shape index (κ1) is 6.36. The Morgan fingerprint density at radius 1 is 1.33 bits per heavy atom. The molecular formula is C3H9NPSi+. The van der Waals surface area contributed by atoms with Gasteiger partial charge in [-0.3, -0.25) is 0 Å². The fourth-order valence-corrected chi connectivity index (χ4v) is 0.